The fraction of sp³-hybridized carbons (Fsp3) is 0. The van der Waals surface area contributed by atoms with Crippen LogP contribution in [0.3, 0.4) is 0 Å². The van der Waals surface area contributed by atoms with Gasteiger partial charge in [0.1, 0.15) is 0 Å². The standard InChI is InChI=1S/C36H22/c1-3-11-23(12-4-1)25-19-31-27-15-7-9-17-29(27)33-21-26(24-13-5-2-6-14-24)22-34-30-18-10-8-16-28(30)32(20-25)35(31)36(33)34/h1-22H. The van der Waals surface area contributed by atoms with E-state index in [9.17, 15) is 0 Å². The zero-order valence-corrected chi connectivity index (χ0v) is 19.7. The second-order valence-electron chi connectivity index (χ2n) is 9.72. The van der Waals surface area contributed by atoms with Crippen molar-refractivity contribution in [3.63, 3.8) is 0 Å². The quantitative estimate of drug-likeness (QED) is 0.180. The van der Waals surface area contributed by atoms with Crippen molar-refractivity contribution in [1.82, 2.24) is 0 Å². The molecule has 0 nitrogen and oxygen atoms in total. The van der Waals surface area contributed by atoms with Gasteiger partial charge in [0.05, 0.1) is 0 Å². The zero-order chi connectivity index (χ0) is 23.6. The summed E-state index contributed by atoms with van der Waals surface area (Å²) in [7, 11) is 0. The molecule has 0 aromatic heterocycles. The Morgan fingerprint density at radius 2 is 0.500 bits per heavy atom. The normalized spacial score (nSPS) is 11.9. The fourth-order valence-corrected chi connectivity index (χ4v) is 6.17. The lowest BCUT2D eigenvalue weighted by Gasteiger charge is -2.20. The molecule has 0 amide bonds. The van der Waals surface area contributed by atoms with Crippen LogP contribution in [0.2, 0.25) is 0 Å². The molecule has 0 fully saturated rings. The van der Waals surface area contributed by atoms with Crippen LogP contribution in [0.25, 0.3) is 76.1 Å². The van der Waals surface area contributed by atoms with Gasteiger partial charge in [0, 0.05) is 0 Å². The second-order valence-corrected chi connectivity index (χ2v) is 9.72. The van der Waals surface area contributed by atoms with Crippen LogP contribution < -0.4 is 0 Å². The van der Waals surface area contributed by atoms with E-state index in [1.54, 1.807) is 0 Å². The molecule has 0 bridgehead atoms. The van der Waals surface area contributed by atoms with Crippen molar-refractivity contribution in [1.29, 1.82) is 0 Å². The summed E-state index contributed by atoms with van der Waals surface area (Å²) in [5.74, 6) is 0. The average molecular weight is 455 g/mol. The Hall–Kier alpha value is -4.68. The lowest BCUT2D eigenvalue weighted by atomic mass is 9.83. The Balaban J connectivity index is 1.67. The molecule has 36 heavy (non-hydrogen) atoms. The van der Waals surface area contributed by atoms with Crippen LogP contribution >= 0.6 is 0 Å². The first kappa shape index (κ1) is 19.6. The average Bonchev–Trinajstić information content (AvgIpc) is 2.97. The van der Waals surface area contributed by atoms with E-state index in [0.717, 1.165) is 0 Å². The predicted molar refractivity (Wildman–Crippen MR) is 156 cm³/mol. The summed E-state index contributed by atoms with van der Waals surface area (Å²) in [6.45, 7) is 0. The minimum Gasteiger partial charge on any atom is -0.0622 e. The summed E-state index contributed by atoms with van der Waals surface area (Å²) >= 11 is 0. The number of rotatable bonds is 2. The van der Waals surface area contributed by atoms with Crippen molar-refractivity contribution in [3.8, 4) is 22.3 Å². The van der Waals surface area contributed by atoms with Crippen LogP contribution in [0, 0.1) is 0 Å². The Labute approximate surface area is 209 Å². The molecule has 8 rings (SSSR count). The highest BCUT2D eigenvalue weighted by Crippen LogP contribution is 2.47. The smallest absolute Gasteiger partial charge is 0.00134 e. The lowest BCUT2D eigenvalue weighted by molar-refractivity contribution is 1.66. The Kier molecular flexibility index (Phi) is 4.03. The lowest BCUT2D eigenvalue weighted by Crippen LogP contribution is -1.92. The molecule has 0 aliphatic rings. The van der Waals surface area contributed by atoms with E-state index >= 15 is 0 Å². The Morgan fingerprint density at radius 1 is 0.222 bits per heavy atom. The largest absolute Gasteiger partial charge is 0.0622 e. The number of benzene rings is 8. The van der Waals surface area contributed by atoms with Crippen molar-refractivity contribution < 1.29 is 0 Å². The first-order valence-corrected chi connectivity index (χ1v) is 12.5. The molecule has 0 heterocycles. The van der Waals surface area contributed by atoms with E-state index in [1.807, 2.05) is 0 Å². The monoisotopic (exact) mass is 454 g/mol. The molecule has 0 atom stereocenters. The highest BCUT2D eigenvalue weighted by molar-refractivity contribution is 6.40. The Bertz CT molecular complexity index is 1810. The second kappa shape index (κ2) is 7.41. The number of hydrogen-bond acceptors (Lipinski definition) is 0. The molecule has 0 saturated heterocycles. The van der Waals surface area contributed by atoms with Crippen molar-refractivity contribution >= 4 is 53.9 Å². The fourth-order valence-electron chi connectivity index (χ4n) is 6.17. The van der Waals surface area contributed by atoms with Crippen LogP contribution in [0.1, 0.15) is 0 Å². The van der Waals surface area contributed by atoms with E-state index in [4.69, 9.17) is 0 Å². The van der Waals surface area contributed by atoms with Gasteiger partial charge in [-0.2, -0.15) is 0 Å². The summed E-state index contributed by atoms with van der Waals surface area (Å²) in [6, 6.07) is 49.0. The molecule has 0 spiro atoms. The first-order chi connectivity index (χ1) is 17.9. The minimum absolute atomic E-state index is 1.25. The maximum atomic E-state index is 2.40. The van der Waals surface area contributed by atoms with Gasteiger partial charge in [0.15, 0.2) is 0 Å². The highest BCUT2D eigenvalue weighted by Gasteiger charge is 2.19. The van der Waals surface area contributed by atoms with Gasteiger partial charge in [-0.25, -0.2) is 0 Å². The summed E-state index contributed by atoms with van der Waals surface area (Å²) in [5, 5.41) is 13.3. The predicted octanol–water partition coefficient (Wildman–Crippen LogP) is 10.2. The van der Waals surface area contributed by atoms with E-state index in [-0.39, 0.29) is 0 Å². The van der Waals surface area contributed by atoms with Crippen molar-refractivity contribution in [2.75, 3.05) is 0 Å². The number of hydrogen-bond donors (Lipinski definition) is 0. The summed E-state index contributed by atoms with van der Waals surface area (Å²) in [4.78, 5) is 0. The molecule has 8 aromatic rings. The maximum Gasteiger partial charge on any atom is -0.00134 e. The van der Waals surface area contributed by atoms with Gasteiger partial charge < -0.3 is 0 Å². The molecular formula is C36H22. The maximum absolute atomic E-state index is 2.40. The van der Waals surface area contributed by atoms with Crippen LogP contribution in [-0.4, -0.2) is 0 Å². The third-order valence-electron chi connectivity index (χ3n) is 7.76. The summed E-state index contributed by atoms with van der Waals surface area (Å²) in [6.07, 6.45) is 0. The SMILES string of the molecule is c1ccc(-c2cc3c4ccccc4c4cc(-c5ccccc5)cc5c6ccccc6c(c2)c3c45)cc1. The van der Waals surface area contributed by atoms with Crippen molar-refractivity contribution in [2.24, 2.45) is 0 Å². The van der Waals surface area contributed by atoms with E-state index in [1.165, 1.54) is 76.1 Å². The van der Waals surface area contributed by atoms with Gasteiger partial charge >= 0.3 is 0 Å². The molecule has 166 valence electrons. The third kappa shape index (κ3) is 2.70. The first-order valence-electron chi connectivity index (χ1n) is 12.5. The van der Waals surface area contributed by atoms with Gasteiger partial charge in [-0.05, 0) is 100 Å². The summed E-state index contributed by atoms with van der Waals surface area (Å²) < 4.78 is 0. The molecule has 0 aliphatic heterocycles. The molecule has 0 radical (unpaired) electrons. The molecule has 0 unspecified atom stereocenters. The van der Waals surface area contributed by atoms with Crippen LogP contribution in [-0.2, 0) is 0 Å². The number of fused-ring (bicyclic) bond motifs is 6. The Morgan fingerprint density at radius 3 is 0.806 bits per heavy atom. The van der Waals surface area contributed by atoms with Crippen LogP contribution in [0.15, 0.2) is 133 Å². The summed E-state index contributed by atoms with van der Waals surface area (Å²) in [5.41, 5.74) is 5.04. The van der Waals surface area contributed by atoms with Crippen LogP contribution in [0.5, 0.6) is 0 Å². The van der Waals surface area contributed by atoms with Gasteiger partial charge in [0.2, 0.25) is 0 Å². The highest BCUT2D eigenvalue weighted by atomic mass is 14.2. The van der Waals surface area contributed by atoms with Gasteiger partial charge in [-0.3, -0.25) is 0 Å². The molecular weight excluding hydrogens is 432 g/mol. The molecule has 0 heteroatoms. The minimum atomic E-state index is 1.25. The molecule has 0 N–H and O–H groups in total. The molecule has 0 aliphatic carbocycles. The van der Waals surface area contributed by atoms with Crippen LogP contribution in [0.4, 0.5) is 0 Å². The molecule has 8 aromatic carbocycles. The molecule has 0 saturated carbocycles. The van der Waals surface area contributed by atoms with E-state index in [0.29, 0.717) is 0 Å². The van der Waals surface area contributed by atoms with Gasteiger partial charge in [-0.15, -0.1) is 0 Å². The third-order valence-corrected chi connectivity index (χ3v) is 7.76. The van der Waals surface area contributed by atoms with Gasteiger partial charge in [0.25, 0.3) is 0 Å². The van der Waals surface area contributed by atoms with E-state index in [2.05, 4.69) is 133 Å². The van der Waals surface area contributed by atoms with Gasteiger partial charge in [-0.1, -0.05) is 109 Å². The van der Waals surface area contributed by atoms with Crippen molar-refractivity contribution in [3.05, 3.63) is 133 Å². The van der Waals surface area contributed by atoms with E-state index < -0.39 is 0 Å². The topological polar surface area (TPSA) is 0 Å². The zero-order valence-electron chi connectivity index (χ0n) is 19.7. The van der Waals surface area contributed by atoms with Crippen molar-refractivity contribution in [2.45, 2.75) is 0 Å².